The Hall–Kier alpha value is -2.18. The Bertz CT molecular complexity index is 1190. The summed E-state index contributed by atoms with van der Waals surface area (Å²) in [4.78, 5) is 30.0. The van der Waals surface area contributed by atoms with Gasteiger partial charge < -0.3 is 10.2 Å². The highest BCUT2D eigenvalue weighted by Crippen LogP contribution is 2.25. The highest BCUT2D eigenvalue weighted by molar-refractivity contribution is 7.99. The molecule has 3 aromatic carbocycles. The average molecular weight is 592 g/mol. The minimum Gasteiger partial charge on any atom is -0.352 e. The molecule has 0 spiro atoms. The van der Waals surface area contributed by atoms with E-state index in [4.69, 9.17) is 34.8 Å². The molecule has 38 heavy (non-hydrogen) atoms. The summed E-state index contributed by atoms with van der Waals surface area (Å²) in [7, 11) is 0. The summed E-state index contributed by atoms with van der Waals surface area (Å²) >= 11 is 20.1. The number of carbonyl (C=O) groups excluding carboxylic acids is 2. The van der Waals surface area contributed by atoms with E-state index >= 15 is 0 Å². The molecule has 3 aromatic rings. The van der Waals surface area contributed by atoms with Crippen LogP contribution >= 0.6 is 46.6 Å². The number of thioether (sulfide) groups is 1. The van der Waals surface area contributed by atoms with Crippen molar-refractivity contribution in [2.45, 2.75) is 63.1 Å². The number of nitrogens with zero attached hydrogens (tertiary/aromatic N) is 1. The number of carbonyl (C=O) groups is 2. The third kappa shape index (κ3) is 9.53. The van der Waals surface area contributed by atoms with E-state index in [-0.39, 0.29) is 24.4 Å². The molecule has 0 unspecified atom stereocenters. The van der Waals surface area contributed by atoms with Crippen LogP contribution in [0.5, 0.6) is 0 Å². The summed E-state index contributed by atoms with van der Waals surface area (Å²) in [6.45, 7) is 4.25. The first-order valence-corrected chi connectivity index (χ1v) is 14.8. The first-order valence-electron chi connectivity index (χ1n) is 12.7. The number of amides is 2. The maximum atomic E-state index is 13.7. The minimum absolute atomic E-state index is 0.00141. The summed E-state index contributed by atoms with van der Waals surface area (Å²) in [5.74, 6) is 0.538. The van der Waals surface area contributed by atoms with Gasteiger partial charge in [0.25, 0.3) is 0 Å². The molecule has 0 radical (unpaired) electrons. The van der Waals surface area contributed by atoms with Crippen LogP contribution < -0.4 is 5.32 Å². The van der Waals surface area contributed by atoms with Crippen molar-refractivity contribution in [1.29, 1.82) is 0 Å². The lowest BCUT2D eigenvalue weighted by Gasteiger charge is -2.32. The largest absolute Gasteiger partial charge is 0.352 e. The molecule has 4 nitrogen and oxygen atoms in total. The fraction of sp³-hybridized carbons (Fsp3) is 0.333. The van der Waals surface area contributed by atoms with Gasteiger partial charge in [-0.3, -0.25) is 9.59 Å². The Morgan fingerprint density at radius 1 is 0.921 bits per heavy atom. The van der Waals surface area contributed by atoms with Gasteiger partial charge in [-0.1, -0.05) is 78.1 Å². The first kappa shape index (κ1) is 30.4. The van der Waals surface area contributed by atoms with Crippen LogP contribution in [0.25, 0.3) is 0 Å². The predicted octanol–water partition coefficient (Wildman–Crippen LogP) is 8.07. The van der Waals surface area contributed by atoms with Crippen molar-refractivity contribution < 1.29 is 9.59 Å². The number of nitrogens with one attached hydrogen (secondary N) is 1. The van der Waals surface area contributed by atoms with Crippen LogP contribution in [0.4, 0.5) is 0 Å². The lowest BCUT2D eigenvalue weighted by Crippen LogP contribution is -2.52. The van der Waals surface area contributed by atoms with Crippen LogP contribution in [0.1, 0.15) is 44.2 Å². The molecule has 0 fully saturated rings. The molecular weight excluding hydrogens is 559 g/mol. The van der Waals surface area contributed by atoms with Gasteiger partial charge in [0.1, 0.15) is 6.04 Å². The van der Waals surface area contributed by atoms with E-state index in [2.05, 4.69) is 5.32 Å². The fourth-order valence-corrected chi connectivity index (χ4v) is 5.22. The van der Waals surface area contributed by atoms with Gasteiger partial charge in [-0.2, -0.15) is 0 Å². The van der Waals surface area contributed by atoms with Crippen molar-refractivity contribution in [3.05, 3.63) is 99.0 Å². The molecule has 1 N–H and O–H groups in total. The van der Waals surface area contributed by atoms with Gasteiger partial charge in [0.05, 0.1) is 10.0 Å². The summed E-state index contributed by atoms with van der Waals surface area (Å²) in [6.07, 6.45) is 2.21. The van der Waals surface area contributed by atoms with Crippen molar-refractivity contribution >= 4 is 58.4 Å². The van der Waals surface area contributed by atoms with Gasteiger partial charge in [-0.15, -0.1) is 11.8 Å². The van der Waals surface area contributed by atoms with Crippen LogP contribution in [0.15, 0.2) is 77.7 Å². The Labute approximate surface area is 245 Å². The van der Waals surface area contributed by atoms with E-state index in [1.807, 2.05) is 74.5 Å². The van der Waals surface area contributed by atoms with Crippen molar-refractivity contribution in [2.75, 3.05) is 5.75 Å². The zero-order valence-electron chi connectivity index (χ0n) is 21.6. The zero-order valence-corrected chi connectivity index (χ0v) is 24.7. The van der Waals surface area contributed by atoms with E-state index in [0.29, 0.717) is 34.3 Å². The number of hydrogen-bond donors (Lipinski definition) is 1. The monoisotopic (exact) mass is 590 g/mol. The standard InChI is InChI=1S/C30H33Cl3N2O2S/c1-3-21(2)34-30(37)28(19-22-8-5-4-6-9-22)35(20-23-11-16-26(32)27(33)18-23)29(36)10-7-17-38-25-14-12-24(31)13-15-25/h4-6,8-9,11-16,18,21,28H,3,7,10,17,19-20H2,1-2H3,(H,34,37)/t21-,28-/m0/s1. The van der Waals surface area contributed by atoms with E-state index in [9.17, 15) is 9.59 Å². The molecular formula is C30H33Cl3N2O2S. The normalized spacial score (nSPS) is 12.6. The van der Waals surface area contributed by atoms with Crippen molar-refractivity contribution in [1.82, 2.24) is 10.2 Å². The smallest absolute Gasteiger partial charge is 0.243 e. The first-order chi connectivity index (χ1) is 18.3. The van der Waals surface area contributed by atoms with Crippen LogP contribution in [-0.2, 0) is 22.6 Å². The molecule has 0 aromatic heterocycles. The summed E-state index contributed by atoms with van der Waals surface area (Å²) in [5, 5.41) is 4.65. The van der Waals surface area contributed by atoms with Gasteiger partial charge >= 0.3 is 0 Å². The third-order valence-electron chi connectivity index (χ3n) is 6.23. The van der Waals surface area contributed by atoms with E-state index in [1.165, 1.54) is 0 Å². The lowest BCUT2D eigenvalue weighted by molar-refractivity contribution is -0.141. The molecule has 202 valence electrons. The second kappa shape index (κ2) is 15.4. The maximum Gasteiger partial charge on any atom is 0.243 e. The third-order valence-corrected chi connectivity index (χ3v) is 8.32. The quantitative estimate of drug-likeness (QED) is 0.161. The molecule has 0 heterocycles. The van der Waals surface area contributed by atoms with Crippen LogP contribution in [0.2, 0.25) is 15.1 Å². The van der Waals surface area contributed by atoms with E-state index in [0.717, 1.165) is 28.2 Å². The second-order valence-corrected chi connectivity index (χ2v) is 11.6. The molecule has 0 bridgehead atoms. The van der Waals surface area contributed by atoms with Crippen LogP contribution in [-0.4, -0.2) is 34.6 Å². The van der Waals surface area contributed by atoms with Crippen LogP contribution in [0, 0.1) is 0 Å². The summed E-state index contributed by atoms with van der Waals surface area (Å²) in [6, 6.07) is 22.1. The molecule has 2 amide bonds. The van der Waals surface area contributed by atoms with Gasteiger partial charge in [-0.25, -0.2) is 0 Å². The highest BCUT2D eigenvalue weighted by atomic mass is 35.5. The topological polar surface area (TPSA) is 49.4 Å². The maximum absolute atomic E-state index is 13.7. The van der Waals surface area contributed by atoms with E-state index < -0.39 is 6.04 Å². The Morgan fingerprint density at radius 2 is 1.63 bits per heavy atom. The van der Waals surface area contributed by atoms with Crippen LogP contribution in [0.3, 0.4) is 0 Å². The Balaban J connectivity index is 1.82. The molecule has 0 saturated heterocycles. The molecule has 8 heteroatoms. The van der Waals surface area contributed by atoms with Crippen molar-refractivity contribution in [3.8, 4) is 0 Å². The molecule has 0 aliphatic carbocycles. The number of rotatable bonds is 13. The zero-order chi connectivity index (χ0) is 27.5. The lowest BCUT2D eigenvalue weighted by atomic mass is 10.0. The molecule has 0 aliphatic heterocycles. The SMILES string of the molecule is CC[C@H](C)NC(=O)[C@H](Cc1ccccc1)N(Cc1ccc(Cl)c(Cl)c1)C(=O)CCCSc1ccc(Cl)cc1. The van der Waals surface area contributed by atoms with Gasteiger partial charge in [-0.05, 0) is 73.0 Å². The van der Waals surface area contributed by atoms with Crippen molar-refractivity contribution in [2.24, 2.45) is 0 Å². The van der Waals surface area contributed by atoms with Crippen molar-refractivity contribution in [3.63, 3.8) is 0 Å². The highest BCUT2D eigenvalue weighted by Gasteiger charge is 2.30. The minimum atomic E-state index is -0.669. The van der Waals surface area contributed by atoms with Gasteiger partial charge in [0, 0.05) is 35.3 Å². The number of halogens is 3. The molecule has 0 saturated carbocycles. The number of hydrogen-bond acceptors (Lipinski definition) is 3. The Kier molecular flexibility index (Phi) is 12.3. The second-order valence-electron chi connectivity index (χ2n) is 9.20. The summed E-state index contributed by atoms with van der Waals surface area (Å²) in [5.41, 5.74) is 1.81. The van der Waals surface area contributed by atoms with Gasteiger partial charge in [0.15, 0.2) is 0 Å². The molecule has 3 rings (SSSR count). The number of benzene rings is 3. The Morgan fingerprint density at radius 3 is 2.29 bits per heavy atom. The van der Waals surface area contributed by atoms with Gasteiger partial charge in [0.2, 0.25) is 11.8 Å². The van der Waals surface area contributed by atoms with E-state index in [1.54, 1.807) is 28.8 Å². The predicted molar refractivity (Wildman–Crippen MR) is 160 cm³/mol. The molecule has 2 atom stereocenters. The fourth-order valence-electron chi connectivity index (χ4n) is 3.92. The average Bonchev–Trinajstić information content (AvgIpc) is 2.91. The molecule has 0 aliphatic rings. The summed E-state index contributed by atoms with van der Waals surface area (Å²) < 4.78 is 0.